The first-order chi connectivity index (χ1) is 17.6. The van der Waals surface area contributed by atoms with Gasteiger partial charge in [0, 0.05) is 24.5 Å². The minimum atomic E-state index is -1.71. The van der Waals surface area contributed by atoms with Crippen molar-refractivity contribution in [3.63, 3.8) is 0 Å². The van der Waals surface area contributed by atoms with Crippen molar-refractivity contribution >= 4 is 48.2 Å². The van der Waals surface area contributed by atoms with E-state index in [1.165, 1.54) is 11.0 Å². The van der Waals surface area contributed by atoms with Crippen molar-refractivity contribution < 1.29 is 43.1 Å². The molecule has 1 fully saturated rings. The normalized spacial score (nSPS) is 18.1. The van der Waals surface area contributed by atoms with E-state index in [0.29, 0.717) is 11.4 Å². The molecule has 194 valence electrons. The van der Waals surface area contributed by atoms with Crippen LogP contribution in [0.25, 0.3) is 0 Å². The van der Waals surface area contributed by atoms with Gasteiger partial charge in [0.25, 0.3) is 0 Å². The second-order valence-corrected chi connectivity index (χ2v) is 9.26. The molecular weight excluding hydrogens is 510 g/mol. The number of carbonyl (C=O) groups is 5. The number of aromatic carboxylic acids is 1. The van der Waals surface area contributed by atoms with Crippen molar-refractivity contribution in [3.05, 3.63) is 51.5 Å². The number of piperazine rings is 1. The number of hydrogen-bond acceptors (Lipinski definition) is 8. The Hall–Kier alpha value is -3.98. The maximum atomic E-state index is 14.0. The number of thiophene rings is 1. The number of imide groups is 1. The van der Waals surface area contributed by atoms with Crippen molar-refractivity contribution in [1.82, 2.24) is 20.4 Å². The molecule has 0 aliphatic carbocycles. The number of amides is 5. The number of rotatable bonds is 6. The van der Waals surface area contributed by atoms with Crippen molar-refractivity contribution in [1.29, 1.82) is 0 Å². The van der Waals surface area contributed by atoms with Gasteiger partial charge in [-0.2, -0.15) is 0 Å². The number of carboxylic acids is 1. The third-order valence-electron chi connectivity index (χ3n) is 6.05. The molecule has 1 unspecified atom stereocenters. The Labute approximate surface area is 214 Å². The van der Waals surface area contributed by atoms with Crippen molar-refractivity contribution in [2.45, 2.75) is 25.3 Å². The van der Waals surface area contributed by atoms with Crippen LogP contribution in [0.5, 0.6) is 5.75 Å². The summed E-state index contributed by atoms with van der Waals surface area (Å²) in [4.78, 5) is 64.6. The number of nitrogens with one attached hydrogen (secondary N) is 2. The summed E-state index contributed by atoms with van der Waals surface area (Å²) in [6.07, 6.45) is -0.0835. The second-order valence-electron chi connectivity index (χ2n) is 8.28. The highest BCUT2D eigenvalue weighted by Crippen LogP contribution is 2.32. The molecule has 1 saturated heterocycles. The Morgan fingerprint density at radius 1 is 1.24 bits per heavy atom. The van der Waals surface area contributed by atoms with Crippen LogP contribution in [0.15, 0.2) is 29.6 Å². The summed E-state index contributed by atoms with van der Waals surface area (Å²) >= 11 is 1.16. The number of carbonyl (C=O) groups excluding carboxylic acids is 4. The van der Waals surface area contributed by atoms with Crippen LogP contribution in [0.3, 0.4) is 0 Å². The first kappa shape index (κ1) is 26.1. The molecule has 2 atom stereocenters. The highest BCUT2D eigenvalue weighted by Gasteiger charge is 2.41. The fraction of sp³-hybridized carbons (Fsp3) is 0.318. The largest absolute Gasteiger partial charge is 0.547 e. The Bertz CT molecular complexity index is 1260. The van der Waals surface area contributed by atoms with Crippen molar-refractivity contribution in [3.8, 4) is 5.75 Å². The van der Waals surface area contributed by atoms with Crippen LogP contribution in [-0.4, -0.2) is 82.3 Å². The van der Waals surface area contributed by atoms with E-state index < -0.39 is 60.2 Å². The molecule has 2 aliphatic heterocycles. The lowest BCUT2D eigenvalue weighted by atomic mass is 9.72. The first-order valence-corrected chi connectivity index (χ1v) is 12.1. The first-order valence-electron chi connectivity index (χ1n) is 11.3. The number of hydrogen-bond donors (Lipinski definition) is 4. The quantitative estimate of drug-likeness (QED) is 0.302. The van der Waals surface area contributed by atoms with E-state index in [9.17, 15) is 38.5 Å². The van der Waals surface area contributed by atoms with Crippen LogP contribution in [0.2, 0.25) is 0 Å². The van der Waals surface area contributed by atoms with E-state index in [2.05, 4.69) is 10.6 Å². The van der Waals surface area contributed by atoms with Crippen LogP contribution >= 0.6 is 11.3 Å². The molecular formula is C22H22BFN4O8S. The van der Waals surface area contributed by atoms with E-state index >= 15 is 0 Å². The number of benzene rings is 1. The lowest BCUT2D eigenvalue weighted by molar-refractivity contribution is -0.153. The predicted molar refractivity (Wildman–Crippen MR) is 127 cm³/mol. The highest BCUT2D eigenvalue weighted by molar-refractivity contribution is 7.10. The lowest BCUT2D eigenvalue weighted by Crippen LogP contribution is -2.60. The van der Waals surface area contributed by atoms with Gasteiger partial charge >= 0.3 is 30.9 Å². The lowest BCUT2D eigenvalue weighted by Gasteiger charge is -2.33. The number of halogens is 1. The molecule has 4 N–H and O–H groups in total. The van der Waals surface area contributed by atoms with Gasteiger partial charge in [-0.3, -0.25) is 19.3 Å². The topological polar surface area (TPSA) is 166 Å². The Kier molecular flexibility index (Phi) is 7.45. The van der Waals surface area contributed by atoms with Crippen LogP contribution in [0, 0.1) is 5.82 Å². The molecule has 3 heterocycles. The summed E-state index contributed by atoms with van der Waals surface area (Å²) in [5.74, 6) is -6.58. The standard InChI is InChI=1S/C22H22BFN4O8S/c1-2-27-7-8-28(20(31)19(27)30)22(34)26-16(13-4-3-9-37-13)18(29)25-14-10-11-5-6-12(24)15(21(32)33)17(11)36-23(14)35/h3-6,9,14,16,35H,2,7-8,10H2,1H3,(H,25,29)(H,26,34)(H,32,33)/t14-,16?/m0/s1. The number of likely N-dealkylation sites (N-methyl/N-ethyl adjacent to an activating group) is 1. The monoisotopic (exact) mass is 532 g/mol. The van der Waals surface area contributed by atoms with E-state index in [4.69, 9.17) is 4.65 Å². The van der Waals surface area contributed by atoms with Gasteiger partial charge in [-0.05, 0) is 36.4 Å². The Morgan fingerprint density at radius 2 is 2.00 bits per heavy atom. The minimum Gasteiger partial charge on any atom is -0.534 e. The summed E-state index contributed by atoms with van der Waals surface area (Å²) in [5.41, 5.74) is -0.476. The van der Waals surface area contributed by atoms with Gasteiger partial charge in [0.15, 0.2) is 0 Å². The third-order valence-corrected chi connectivity index (χ3v) is 6.98. The number of nitrogens with zero attached hydrogens (tertiary/aromatic N) is 2. The average Bonchev–Trinajstić information content (AvgIpc) is 3.39. The Balaban J connectivity index is 1.51. The number of fused-ring (bicyclic) bond motifs is 1. The Morgan fingerprint density at radius 3 is 2.65 bits per heavy atom. The number of urea groups is 1. The zero-order valence-corrected chi connectivity index (χ0v) is 20.3. The van der Waals surface area contributed by atoms with Gasteiger partial charge in [0.1, 0.15) is 23.2 Å². The summed E-state index contributed by atoms with van der Waals surface area (Å²) in [7, 11) is -1.71. The van der Waals surface area contributed by atoms with E-state index in [0.717, 1.165) is 22.3 Å². The molecule has 5 amide bonds. The predicted octanol–water partition coefficient (Wildman–Crippen LogP) is 0.166. The second kappa shape index (κ2) is 10.6. The van der Waals surface area contributed by atoms with Crippen LogP contribution in [0.4, 0.5) is 9.18 Å². The molecule has 37 heavy (non-hydrogen) atoms. The molecule has 12 nitrogen and oxygen atoms in total. The number of carboxylic acid groups (broad SMARTS) is 1. The van der Waals surface area contributed by atoms with E-state index in [-0.39, 0.29) is 30.8 Å². The van der Waals surface area contributed by atoms with Gasteiger partial charge in [0.2, 0.25) is 5.91 Å². The molecule has 0 radical (unpaired) electrons. The molecule has 4 rings (SSSR count). The summed E-state index contributed by atoms with van der Waals surface area (Å²) in [6, 6.07) is 3.26. The average molecular weight is 532 g/mol. The maximum absolute atomic E-state index is 14.0. The molecule has 1 aromatic heterocycles. The maximum Gasteiger partial charge on any atom is 0.547 e. The summed E-state index contributed by atoms with van der Waals surface area (Å²) in [5, 5.41) is 26.4. The van der Waals surface area contributed by atoms with Gasteiger partial charge < -0.3 is 30.3 Å². The van der Waals surface area contributed by atoms with Crippen LogP contribution < -0.4 is 15.3 Å². The van der Waals surface area contributed by atoms with Gasteiger partial charge in [-0.15, -0.1) is 11.3 Å². The highest BCUT2D eigenvalue weighted by atomic mass is 32.1. The van der Waals surface area contributed by atoms with Gasteiger partial charge in [-0.25, -0.2) is 14.0 Å². The van der Waals surface area contributed by atoms with Crippen LogP contribution in [-0.2, 0) is 20.8 Å². The van der Waals surface area contributed by atoms with Crippen molar-refractivity contribution in [2.75, 3.05) is 19.6 Å². The van der Waals surface area contributed by atoms with E-state index in [1.807, 2.05) is 0 Å². The minimum absolute atomic E-state index is 0.0442. The van der Waals surface area contributed by atoms with Crippen molar-refractivity contribution in [2.24, 2.45) is 0 Å². The molecule has 2 aliphatic rings. The summed E-state index contributed by atoms with van der Waals surface area (Å²) in [6.45, 7) is 2.14. The van der Waals surface area contributed by atoms with Gasteiger partial charge in [0.05, 0.1) is 5.94 Å². The molecule has 0 bridgehead atoms. The molecule has 1 aromatic carbocycles. The molecule has 15 heteroatoms. The zero-order chi connectivity index (χ0) is 26.9. The third kappa shape index (κ3) is 5.13. The fourth-order valence-corrected chi connectivity index (χ4v) is 4.89. The molecule has 0 saturated carbocycles. The summed E-state index contributed by atoms with van der Waals surface area (Å²) < 4.78 is 19.2. The van der Waals surface area contributed by atoms with E-state index in [1.54, 1.807) is 24.4 Å². The SMILES string of the molecule is CCN1CCN(C(=O)NC(C(=O)N[C@H]2Cc3ccc(F)c(C(=O)O)c3OB2O)c2cccs2)C(=O)C1=O. The zero-order valence-electron chi connectivity index (χ0n) is 19.5. The molecule has 2 aromatic rings. The fourth-order valence-electron chi connectivity index (χ4n) is 4.12. The van der Waals surface area contributed by atoms with Gasteiger partial charge in [-0.1, -0.05) is 12.1 Å². The van der Waals surface area contributed by atoms with Crippen LogP contribution in [0.1, 0.15) is 33.8 Å². The smallest absolute Gasteiger partial charge is 0.534 e. The molecule has 0 spiro atoms.